The van der Waals surface area contributed by atoms with Gasteiger partial charge in [0.05, 0.1) is 11.9 Å². The first kappa shape index (κ1) is 15.6. The third-order valence-electron chi connectivity index (χ3n) is 2.43. The van der Waals surface area contributed by atoms with Crippen molar-refractivity contribution in [1.29, 1.82) is 0 Å². The van der Waals surface area contributed by atoms with Crippen molar-refractivity contribution in [2.45, 2.75) is 39.3 Å². The molecule has 2 N–H and O–H groups in total. The second-order valence-electron chi connectivity index (χ2n) is 5.52. The van der Waals surface area contributed by atoms with Crippen LogP contribution in [0.3, 0.4) is 0 Å². The minimum atomic E-state index is -0.582. The van der Waals surface area contributed by atoms with E-state index in [2.05, 4.69) is 15.5 Å². The van der Waals surface area contributed by atoms with E-state index in [9.17, 15) is 5.11 Å². The Balaban J connectivity index is 2.28. The predicted octanol–water partition coefficient (Wildman–Crippen LogP) is 1.49. The van der Waals surface area contributed by atoms with E-state index in [-0.39, 0.29) is 12.1 Å². The van der Waals surface area contributed by atoms with Gasteiger partial charge in [-0.2, -0.15) is 0 Å². The van der Waals surface area contributed by atoms with Gasteiger partial charge in [0.15, 0.2) is 0 Å². The molecule has 0 aromatic carbocycles. The minimum Gasteiger partial charge on any atom is -0.393 e. The number of aliphatic hydroxyl groups is 1. The predicted molar refractivity (Wildman–Crippen MR) is 76.3 cm³/mol. The lowest BCUT2D eigenvalue weighted by molar-refractivity contribution is 0.0379. The topological polar surface area (TPSA) is 66.7 Å². The number of nitrogens with one attached hydrogen (secondary N) is 1. The highest BCUT2D eigenvalue weighted by molar-refractivity contribution is 5.78. The van der Waals surface area contributed by atoms with Crippen molar-refractivity contribution >= 4 is 6.21 Å². The summed E-state index contributed by atoms with van der Waals surface area (Å²) >= 11 is 0. The van der Waals surface area contributed by atoms with Crippen LogP contribution in [0.2, 0.25) is 0 Å². The Kier molecular flexibility index (Phi) is 5.92. The van der Waals surface area contributed by atoms with Crippen LogP contribution in [0.1, 0.15) is 32.0 Å². The van der Waals surface area contributed by atoms with Gasteiger partial charge in [0.1, 0.15) is 12.7 Å². The Morgan fingerprint density at radius 2 is 2.26 bits per heavy atom. The Labute approximate surface area is 114 Å². The molecule has 0 amide bonds. The molecule has 0 fully saturated rings. The number of rotatable bonds is 6. The van der Waals surface area contributed by atoms with Crippen molar-refractivity contribution in [3.05, 3.63) is 29.6 Å². The van der Waals surface area contributed by atoms with Gasteiger partial charge in [0.2, 0.25) is 0 Å². The molecule has 1 heterocycles. The van der Waals surface area contributed by atoms with Crippen molar-refractivity contribution < 1.29 is 9.94 Å². The number of pyridine rings is 1. The highest BCUT2D eigenvalue weighted by Crippen LogP contribution is 2.00. The van der Waals surface area contributed by atoms with Gasteiger partial charge in [0.25, 0.3) is 0 Å². The van der Waals surface area contributed by atoms with Crippen molar-refractivity contribution in [2.24, 2.45) is 5.16 Å². The van der Waals surface area contributed by atoms with Crippen molar-refractivity contribution in [3.63, 3.8) is 0 Å². The Bertz CT molecular complexity index is 413. The lowest BCUT2D eigenvalue weighted by atomic mass is 10.1. The van der Waals surface area contributed by atoms with E-state index < -0.39 is 6.10 Å². The van der Waals surface area contributed by atoms with E-state index in [1.165, 1.54) is 0 Å². The maximum Gasteiger partial charge on any atom is 0.144 e. The number of hydrogen-bond donors (Lipinski definition) is 2. The zero-order valence-corrected chi connectivity index (χ0v) is 12.1. The molecule has 0 spiro atoms. The van der Waals surface area contributed by atoms with Gasteiger partial charge >= 0.3 is 0 Å². The maximum absolute atomic E-state index is 9.69. The monoisotopic (exact) mass is 265 g/mol. The molecule has 0 radical (unpaired) electrons. The average molecular weight is 265 g/mol. The van der Waals surface area contributed by atoms with E-state index in [0.29, 0.717) is 6.54 Å². The number of β-amino-alcohol motifs (C(OH)–C–C–N with tert-alkyl or cyclic N) is 1. The molecule has 0 saturated heterocycles. The molecule has 0 aliphatic heterocycles. The van der Waals surface area contributed by atoms with Gasteiger partial charge in [-0.3, -0.25) is 4.98 Å². The Morgan fingerprint density at radius 3 is 2.89 bits per heavy atom. The van der Waals surface area contributed by atoms with E-state index in [1.807, 2.05) is 39.8 Å². The molecule has 5 heteroatoms. The SMILES string of the molecule is Cc1cccnc1/C=N/OCC(O)CNC(C)(C)C. The molecule has 1 aromatic rings. The van der Waals surface area contributed by atoms with Crippen LogP contribution in [0.25, 0.3) is 0 Å². The maximum atomic E-state index is 9.69. The highest BCUT2D eigenvalue weighted by Gasteiger charge is 2.12. The summed E-state index contributed by atoms with van der Waals surface area (Å²) in [6.07, 6.45) is 2.68. The van der Waals surface area contributed by atoms with Gasteiger partial charge in [-0.25, -0.2) is 0 Å². The van der Waals surface area contributed by atoms with E-state index in [4.69, 9.17) is 4.84 Å². The number of hydrogen-bond acceptors (Lipinski definition) is 5. The van der Waals surface area contributed by atoms with Crippen LogP contribution in [-0.4, -0.2) is 41.1 Å². The zero-order chi connectivity index (χ0) is 14.3. The molecule has 1 aromatic heterocycles. The lowest BCUT2D eigenvalue weighted by Crippen LogP contribution is -2.42. The van der Waals surface area contributed by atoms with Crippen molar-refractivity contribution in [1.82, 2.24) is 10.3 Å². The van der Waals surface area contributed by atoms with Crippen LogP contribution >= 0.6 is 0 Å². The zero-order valence-electron chi connectivity index (χ0n) is 12.1. The van der Waals surface area contributed by atoms with Crippen LogP contribution in [0.4, 0.5) is 0 Å². The lowest BCUT2D eigenvalue weighted by Gasteiger charge is -2.22. The first-order valence-electron chi connectivity index (χ1n) is 6.38. The third kappa shape index (κ3) is 6.88. The summed E-state index contributed by atoms with van der Waals surface area (Å²) < 4.78 is 0. The molecule has 0 saturated carbocycles. The number of nitrogens with zero attached hydrogens (tertiary/aromatic N) is 2. The molecular formula is C14H23N3O2. The molecule has 1 atom stereocenters. The molecule has 106 valence electrons. The fraction of sp³-hybridized carbons (Fsp3) is 0.571. The Hall–Kier alpha value is -1.46. The second-order valence-corrected chi connectivity index (χ2v) is 5.52. The number of aryl methyl sites for hydroxylation is 1. The summed E-state index contributed by atoms with van der Waals surface area (Å²) in [5.41, 5.74) is 1.78. The van der Waals surface area contributed by atoms with Crippen molar-refractivity contribution in [3.8, 4) is 0 Å². The van der Waals surface area contributed by atoms with Gasteiger partial charge in [0, 0.05) is 18.3 Å². The fourth-order valence-electron chi connectivity index (χ4n) is 1.33. The van der Waals surface area contributed by atoms with Gasteiger partial charge < -0.3 is 15.3 Å². The second kappa shape index (κ2) is 7.21. The molecule has 1 unspecified atom stereocenters. The van der Waals surface area contributed by atoms with Crippen molar-refractivity contribution in [2.75, 3.05) is 13.2 Å². The molecule has 1 rings (SSSR count). The molecular weight excluding hydrogens is 242 g/mol. The molecule has 19 heavy (non-hydrogen) atoms. The summed E-state index contributed by atoms with van der Waals surface area (Å²) in [5.74, 6) is 0. The van der Waals surface area contributed by atoms with Gasteiger partial charge in [-0.1, -0.05) is 11.2 Å². The summed E-state index contributed by atoms with van der Waals surface area (Å²) in [5, 5.41) is 16.7. The third-order valence-corrected chi connectivity index (χ3v) is 2.43. The number of aliphatic hydroxyl groups excluding tert-OH is 1. The van der Waals surface area contributed by atoms with Crippen LogP contribution < -0.4 is 5.32 Å². The van der Waals surface area contributed by atoms with Gasteiger partial charge in [-0.15, -0.1) is 0 Å². The smallest absolute Gasteiger partial charge is 0.144 e. The van der Waals surface area contributed by atoms with Crippen LogP contribution in [-0.2, 0) is 4.84 Å². The minimum absolute atomic E-state index is 0.0185. The Morgan fingerprint density at radius 1 is 1.53 bits per heavy atom. The van der Waals surface area contributed by atoms with Crippen LogP contribution in [0, 0.1) is 6.92 Å². The van der Waals surface area contributed by atoms with E-state index >= 15 is 0 Å². The van der Waals surface area contributed by atoms with Crippen LogP contribution in [0.5, 0.6) is 0 Å². The fourth-order valence-corrected chi connectivity index (χ4v) is 1.33. The number of aromatic nitrogens is 1. The highest BCUT2D eigenvalue weighted by atomic mass is 16.6. The summed E-state index contributed by atoms with van der Waals surface area (Å²) in [6, 6.07) is 3.83. The van der Waals surface area contributed by atoms with E-state index in [1.54, 1.807) is 12.4 Å². The first-order chi connectivity index (χ1) is 8.88. The largest absolute Gasteiger partial charge is 0.393 e. The first-order valence-corrected chi connectivity index (χ1v) is 6.38. The average Bonchev–Trinajstić information content (AvgIpc) is 2.33. The molecule has 5 nitrogen and oxygen atoms in total. The van der Waals surface area contributed by atoms with Crippen LogP contribution in [0.15, 0.2) is 23.5 Å². The van der Waals surface area contributed by atoms with E-state index in [0.717, 1.165) is 11.3 Å². The standard InChI is InChI=1S/C14H23N3O2/c1-11-6-5-7-15-13(11)9-17-19-10-12(18)8-16-14(2,3)4/h5-7,9,12,16,18H,8,10H2,1-4H3/b17-9+. The molecule has 0 aliphatic carbocycles. The number of oxime groups is 1. The molecule has 0 bridgehead atoms. The summed E-state index contributed by atoms with van der Waals surface area (Å²) in [7, 11) is 0. The summed E-state index contributed by atoms with van der Waals surface area (Å²) in [6.45, 7) is 8.72. The quantitative estimate of drug-likeness (QED) is 0.604. The van der Waals surface area contributed by atoms with Gasteiger partial charge in [-0.05, 0) is 39.3 Å². The normalized spacial score (nSPS) is 13.7. The molecule has 0 aliphatic rings. The summed E-state index contributed by atoms with van der Waals surface area (Å²) in [4.78, 5) is 9.22.